The topological polar surface area (TPSA) is 87.4 Å². The van der Waals surface area contributed by atoms with Gasteiger partial charge in [-0.25, -0.2) is 10.2 Å². The largest absolute Gasteiger partial charge is 0.484 e. The third-order valence-electron chi connectivity index (χ3n) is 5.33. The molecule has 0 saturated heterocycles. The van der Waals surface area contributed by atoms with E-state index in [1.807, 2.05) is 55.7 Å². The molecule has 2 aromatic heterocycles. The smallest absolute Gasteiger partial charge is 0.340 e. The standard InChI is InChI=1S/C25H25ClN4O4/c1-5-33-25(32)24-17(4)29(19-8-6-7-18(26)12-19)22-10-9-20(13-21(22)24)34-14-23(31)28-30-16(3)11-15(2)27-30/h6-13H,5,14H2,1-4H3,(H,28,31). The fourth-order valence-electron chi connectivity index (χ4n) is 3.94. The molecule has 0 aliphatic carbocycles. The lowest BCUT2D eigenvalue weighted by Gasteiger charge is -2.10. The van der Waals surface area contributed by atoms with E-state index in [2.05, 4.69) is 10.5 Å². The lowest BCUT2D eigenvalue weighted by atomic mass is 10.1. The van der Waals surface area contributed by atoms with Crippen LogP contribution >= 0.6 is 11.6 Å². The van der Waals surface area contributed by atoms with E-state index in [9.17, 15) is 9.59 Å². The van der Waals surface area contributed by atoms with Crippen LogP contribution in [-0.4, -0.2) is 39.5 Å². The molecule has 1 amide bonds. The van der Waals surface area contributed by atoms with Gasteiger partial charge in [-0.1, -0.05) is 17.7 Å². The van der Waals surface area contributed by atoms with E-state index in [0.29, 0.717) is 21.7 Å². The molecule has 8 nitrogen and oxygen atoms in total. The number of aryl methyl sites for hydroxylation is 2. The summed E-state index contributed by atoms with van der Waals surface area (Å²) in [6.45, 7) is 7.35. The normalized spacial score (nSPS) is 11.0. The van der Waals surface area contributed by atoms with E-state index >= 15 is 0 Å². The van der Waals surface area contributed by atoms with Crippen molar-refractivity contribution in [2.45, 2.75) is 27.7 Å². The summed E-state index contributed by atoms with van der Waals surface area (Å²) < 4.78 is 13.0. The lowest BCUT2D eigenvalue weighted by Crippen LogP contribution is -2.29. The number of nitrogens with zero attached hydrogens (tertiary/aromatic N) is 3. The summed E-state index contributed by atoms with van der Waals surface area (Å²) in [5.41, 5.74) is 7.06. The first-order chi connectivity index (χ1) is 16.3. The Kier molecular flexibility index (Phi) is 6.61. The molecule has 4 aromatic rings. The van der Waals surface area contributed by atoms with Crippen molar-refractivity contribution >= 4 is 34.4 Å². The van der Waals surface area contributed by atoms with Gasteiger partial charge in [0, 0.05) is 21.8 Å². The molecule has 34 heavy (non-hydrogen) atoms. The molecule has 2 heterocycles. The van der Waals surface area contributed by atoms with E-state index in [1.165, 1.54) is 4.79 Å². The maximum absolute atomic E-state index is 12.8. The van der Waals surface area contributed by atoms with Crippen LogP contribution in [0.5, 0.6) is 5.75 Å². The highest BCUT2D eigenvalue weighted by Gasteiger charge is 2.22. The number of ether oxygens (including phenoxy) is 2. The second kappa shape index (κ2) is 9.61. The minimum Gasteiger partial charge on any atom is -0.484 e. The molecule has 2 aromatic carbocycles. The number of amides is 1. The zero-order valence-corrected chi connectivity index (χ0v) is 20.1. The van der Waals surface area contributed by atoms with Crippen LogP contribution in [0.1, 0.15) is 34.4 Å². The molecule has 0 spiro atoms. The molecule has 4 rings (SSSR count). The van der Waals surface area contributed by atoms with E-state index in [-0.39, 0.29) is 19.1 Å². The average molecular weight is 481 g/mol. The Morgan fingerprint density at radius 1 is 1.09 bits per heavy atom. The SMILES string of the molecule is CCOC(=O)c1c(C)n(-c2cccc(Cl)c2)c2ccc(OCC(=O)Nn3nc(C)cc3C)cc12. The highest BCUT2D eigenvalue weighted by Crippen LogP contribution is 2.33. The molecule has 0 aliphatic rings. The van der Waals surface area contributed by atoms with Gasteiger partial charge in [0.05, 0.1) is 29.1 Å². The third-order valence-corrected chi connectivity index (χ3v) is 5.57. The molecule has 0 unspecified atom stereocenters. The second-order valence-electron chi connectivity index (χ2n) is 7.84. The minimum atomic E-state index is -0.426. The minimum absolute atomic E-state index is 0.216. The van der Waals surface area contributed by atoms with Crippen molar-refractivity contribution in [3.63, 3.8) is 0 Å². The van der Waals surface area contributed by atoms with Gasteiger partial charge in [0.25, 0.3) is 5.91 Å². The number of benzene rings is 2. The van der Waals surface area contributed by atoms with Crippen molar-refractivity contribution in [2.24, 2.45) is 0 Å². The number of nitrogens with one attached hydrogen (secondary N) is 1. The number of hydrogen-bond donors (Lipinski definition) is 1. The van der Waals surface area contributed by atoms with Crippen molar-refractivity contribution in [1.82, 2.24) is 14.5 Å². The summed E-state index contributed by atoms with van der Waals surface area (Å²) in [5, 5.41) is 5.46. The molecule has 0 aliphatic heterocycles. The molecule has 1 N–H and O–H groups in total. The molecular weight excluding hydrogens is 456 g/mol. The summed E-state index contributed by atoms with van der Waals surface area (Å²) in [6, 6.07) is 14.6. The Hall–Kier alpha value is -3.78. The number of hydrogen-bond acceptors (Lipinski definition) is 5. The maximum atomic E-state index is 12.8. The molecule has 0 radical (unpaired) electrons. The van der Waals surface area contributed by atoms with E-state index in [0.717, 1.165) is 28.3 Å². The molecule has 0 bridgehead atoms. The Labute approximate surface area is 202 Å². The first kappa shape index (κ1) is 23.4. The number of esters is 1. The van der Waals surface area contributed by atoms with Gasteiger partial charge in [-0.15, -0.1) is 0 Å². The Bertz CT molecular complexity index is 1390. The van der Waals surface area contributed by atoms with Gasteiger partial charge in [0.1, 0.15) is 5.75 Å². The molecule has 0 saturated carbocycles. The summed E-state index contributed by atoms with van der Waals surface area (Å²) in [7, 11) is 0. The van der Waals surface area contributed by atoms with Gasteiger partial charge in [0.2, 0.25) is 0 Å². The van der Waals surface area contributed by atoms with Gasteiger partial charge in [0.15, 0.2) is 6.61 Å². The van der Waals surface area contributed by atoms with Crippen LogP contribution in [0.3, 0.4) is 0 Å². The third kappa shape index (κ3) is 4.63. The number of halogens is 1. The van der Waals surface area contributed by atoms with Crippen molar-refractivity contribution in [2.75, 3.05) is 18.6 Å². The van der Waals surface area contributed by atoms with Gasteiger partial charge in [-0.05, 0) is 70.2 Å². The van der Waals surface area contributed by atoms with Crippen LogP contribution in [0.25, 0.3) is 16.6 Å². The van der Waals surface area contributed by atoms with Crippen molar-refractivity contribution in [3.8, 4) is 11.4 Å². The Morgan fingerprint density at radius 2 is 1.88 bits per heavy atom. The van der Waals surface area contributed by atoms with Crippen LogP contribution in [0.2, 0.25) is 5.02 Å². The fourth-order valence-corrected chi connectivity index (χ4v) is 4.12. The molecular formula is C25H25ClN4O4. The van der Waals surface area contributed by atoms with E-state index < -0.39 is 5.97 Å². The predicted octanol–water partition coefficient (Wildman–Crippen LogP) is 4.73. The van der Waals surface area contributed by atoms with Gasteiger partial charge < -0.3 is 14.0 Å². The van der Waals surface area contributed by atoms with Crippen LogP contribution < -0.4 is 10.2 Å². The predicted molar refractivity (Wildman–Crippen MR) is 131 cm³/mol. The van der Waals surface area contributed by atoms with E-state index in [1.54, 1.807) is 25.1 Å². The Morgan fingerprint density at radius 3 is 2.56 bits per heavy atom. The van der Waals surface area contributed by atoms with Crippen molar-refractivity contribution in [3.05, 3.63) is 76.2 Å². The summed E-state index contributed by atoms with van der Waals surface area (Å²) >= 11 is 6.21. The Balaban J connectivity index is 1.66. The highest BCUT2D eigenvalue weighted by atomic mass is 35.5. The number of fused-ring (bicyclic) bond motifs is 1. The van der Waals surface area contributed by atoms with Gasteiger partial charge in [-0.3, -0.25) is 4.79 Å². The number of rotatable bonds is 7. The van der Waals surface area contributed by atoms with Crippen LogP contribution in [0.4, 0.5) is 0 Å². The summed E-state index contributed by atoms with van der Waals surface area (Å²) in [4.78, 5) is 26.6. The van der Waals surface area contributed by atoms with E-state index in [4.69, 9.17) is 21.1 Å². The highest BCUT2D eigenvalue weighted by molar-refractivity contribution is 6.30. The molecule has 0 fully saturated rings. The number of carbonyl (C=O) groups is 2. The van der Waals surface area contributed by atoms with Gasteiger partial charge >= 0.3 is 5.97 Å². The summed E-state index contributed by atoms with van der Waals surface area (Å²) in [6.07, 6.45) is 0. The number of aromatic nitrogens is 3. The van der Waals surface area contributed by atoms with Crippen molar-refractivity contribution < 1.29 is 19.1 Å². The average Bonchev–Trinajstić information content (AvgIpc) is 3.26. The first-order valence-corrected chi connectivity index (χ1v) is 11.2. The molecule has 9 heteroatoms. The van der Waals surface area contributed by atoms with Gasteiger partial charge in [-0.2, -0.15) is 9.89 Å². The number of carbonyl (C=O) groups excluding carboxylic acids is 2. The molecule has 176 valence electrons. The molecule has 0 atom stereocenters. The lowest BCUT2D eigenvalue weighted by molar-refractivity contribution is -0.119. The van der Waals surface area contributed by atoms with Crippen LogP contribution in [0, 0.1) is 20.8 Å². The zero-order valence-electron chi connectivity index (χ0n) is 19.4. The zero-order chi connectivity index (χ0) is 24.4. The maximum Gasteiger partial charge on any atom is 0.340 e. The van der Waals surface area contributed by atoms with Crippen molar-refractivity contribution in [1.29, 1.82) is 0 Å². The van der Waals surface area contributed by atoms with Crippen LogP contribution in [0.15, 0.2) is 48.5 Å². The second-order valence-corrected chi connectivity index (χ2v) is 8.27. The quantitative estimate of drug-likeness (QED) is 0.386. The summed E-state index contributed by atoms with van der Waals surface area (Å²) in [5.74, 6) is -0.334. The monoisotopic (exact) mass is 480 g/mol. The fraction of sp³-hybridized carbons (Fsp3) is 0.240. The first-order valence-electron chi connectivity index (χ1n) is 10.8. The van der Waals surface area contributed by atoms with Crippen LogP contribution in [-0.2, 0) is 9.53 Å².